The Morgan fingerprint density at radius 2 is 1.70 bits per heavy atom. The van der Waals surface area contributed by atoms with Gasteiger partial charge in [-0.25, -0.2) is 4.98 Å². The van der Waals surface area contributed by atoms with Gasteiger partial charge in [0.15, 0.2) is 5.13 Å². The third kappa shape index (κ3) is 4.09. The molecule has 0 saturated carbocycles. The van der Waals surface area contributed by atoms with Crippen molar-refractivity contribution in [1.29, 1.82) is 0 Å². The van der Waals surface area contributed by atoms with E-state index in [1.54, 1.807) is 55.6 Å². The highest BCUT2D eigenvalue weighted by molar-refractivity contribution is 7.16. The molecular formula is C25H24N2O5S. The van der Waals surface area contributed by atoms with Crippen molar-refractivity contribution in [2.75, 3.05) is 18.6 Å². The summed E-state index contributed by atoms with van der Waals surface area (Å²) in [6.07, 6.45) is 0. The lowest BCUT2D eigenvalue weighted by Crippen LogP contribution is -2.29. The number of nitrogens with zero attached hydrogens (tertiary/aromatic N) is 2. The maximum atomic E-state index is 13.2. The van der Waals surface area contributed by atoms with E-state index in [4.69, 9.17) is 9.47 Å². The third-order valence-corrected chi connectivity index (χ3v) is 6.61. The zero-order valence-corrected chi connectivity index (χ0v) is 19.6. The van der Waals surface area contributed by atoms with Crippen molar-refractivity contribution in [3.8, 4) is 11.5 Å². The molecule has 3 aromatic rings. The predicted octanol–water partition coefficient (Wildman–Crippen LogP) is 4.79. The number of ether oxygens (including phenoxy) is 2. The Kier molecular flexibility index (Phi) is 6.20. The predicted molar refractivity (Wildman–Crippen MR) is 127 cm³/mol. The van der Waals surface area contributed by atoms with Crippen LogP contribution in [0.15, 0.2) is 54.1 Å². The topological polar surface area (TPSA) is 89.0 Å². The van der Waals surface area contributed by atoms with E-state index in [2.05, 4.69) is 4.98 Å². The van der Waals surface area contributed by atoms with Crippen LogP contribution in [0.1, 0.15) is 34.7 Å². The molecule has 2 heterocycles. The molecule has 0 radical (unpaired) electrons. The van der Waals surface area contributed by atoms with Gasteiger partial charge in [-0.05, 0) is 62.7 Å². The number of hydrogen-bond acceptors (Lipinski definition) is 7. The lowest BCUT2D eigenvalue weighted by atomic mass is 9.95. The summed E-state index contributed by atoms with van der Waals surface area (Å²) in [6, 6.07) is 13.0. The lowest BCUT2D eigenvalue weighted by molar-refractivity contribution is -0.132. The van der Waals surface area contributed by atoms with Gasteiger partial charge in [0.25, 0.3) is 5.78 Å². The van der Waals surface area contributed by atoms with Gasteiger partial charge in [-0.1, -0.05) is 12.1 Å². The van der Waals surface area contributed by atoms with Gasteiger partial charge in [-0.15, -0.1) is 11.3 Å². The van der Waals surface area contributed by atoms with Crippen LogP contribution in [-0.2, 0) is 9.59 Å². The minimum atomic E-state index is -0.826. The van der Waals surface area contributed by atoms with E-state index in [0.717, 1.165) is 10.6 Å². The number of Topliss-reactive ketones (excluding diaryl/α,β-unsaturated/α-hetero) is 1. The Bertz CT molecular complexity index is 1210. The molecule has 1 atom stereocenters. The minimum absolute atomic E-state index is 0.0137. The summed E-state index contributed by atoms with van der Waals surface area (Å²) >= 11 is 1.34. The van der Waals surface area contributed by atoms with E-state index in [9.17, 15) is 14.7 Å². The van der Waals surface area contributed by atoms with Crippen LogP contribution in [0, 0.1) is 13.8 Å². The molecule has 0 spiro atoms. The molecular weight excluding hydrogens is 440 g/mol. The molecule has 1 aromatic heterocycles. The molecule has 1 aliphatic rings. The van der Waals surface area contributed by atoms with Crippen molar-refractivity contribution in [3.05, 3.63) is 75.8 Å². The number of aromatic nitrogens is 1. The van der Waals surface area contributed by atoms with Crippen LogP contribution in [0.3, 0.4) is 0 Å². The summed E-state index contributed by atoms with van der Waals surface area (Å²) in [4.78, 5) is 33.2. The first kappa shape index (κ1) is 22.5. The second kappa shape index (κ2) is 9.07. The molecule has 2 aromatic carbocycles. The second-order valence-electron chi connectivity index (χ2n) is 7.54. The zero-order chi connectivity index (χ0) is 23.7. The number of carbonyl (C=O) groups is 2. The Balaban J connectivity index is 1.89. The molecule has 33 heavy (non-hydrogen) atoms. The molecule has 1 amide bonds. The molecule has 0 bridgehead atoms. The number of benzene rings is 2. The van der Waals surface area contributed by atoms with Crippen molar-refractivity contribution < 1.29 is 24.2 Å². The van der Waals surface area contributed by atoms with E-state index >= 15 is 0 Å². The number of ketones is 1. The van der Waals surface area contributed by atoms with Crippen LogP contribution in [0.25, 0.3) is 5.76 Å². The fourth-order valence-electron chi connectivity index (χ4n) is 3.72. The van der Waals surface area contributed by atoms with E-state index in [1.807, 2.05) is 20.8 Å². The number of aryl methyl sites for hydroxylation is 2. The molecule has 170 valence electrons. The van der Waals surface area contributed by atoms with Crippen LogP contribution in [0.2, 0.25) is 0 Å². The Morgan fingerprint density at radius 1 is 1.06 bits per heavy atom. The van der Waals surface area contributed by atoms with Gasteiger partial charge in [-0.2, -0.15) is 0 Å². The number of thiazole rings is 1. The SMILES string of the molecule is CCOc1ccc([C@H]2C(=C(O)c3ccc(OC)cc3)C(=O)C(=O)N2c2nc(C)c(C)s2)cc1. The fourth-order valence-corrected chi connectivity index (χ4v) is 4.66. The number of aliphatic hydroxyl groups excluding tert-OH is 1. The summed E-state index contributed by atoms with van der Waals surface area (Å²) in [5, 5.41) is 11.6. The van der Waals surface area contributed by atoms with Crippen molar-refractivity contribution in [2.45, 2.75) is 26.8 Å². The third-order valence-electron chi connectivity index (χ3n) is 5.54. The van der Waals surface area contributed by atoms with Gasteiger partial charge in [0.05, 0.1) is 31.0 Å². The lowest BCUT2D eigenvalue weighted by Gasteiger charge is -2.23. The van der Waals surface area contributed by atoms with Gasteiger partial charge in [0.2, 0.25) is 0 Å². The Morgan fingerprint density at radius 3 is 2.24 bits per heavy atom. The van der Waals surface area contributed by atoms with E-state index in [-0.39, 0.29) is 11.3 Å². The maximum absolute atomic E-state index is 13.2. The number of rotatable bonds is 6. The largest absolute Gasteiger partial charge is 0.507 e. The molecule has 1 saturated heterocycles. The number of anilines is 1. The second-order valence-corrected chi connectivity index (χ2v) is 8.72. The molecule has 8 heteroatoms. The zero-order valence-electron chi connectivity index (χ0n) is 18.8. The minimum Gasteiger partial charge on any atom is -0.507 e. The van der Waals surface area contributed by atoms with Gasteiger partial charge in [0.1, 0.15) is 17.3 Å². The maximum Gasteiger partial charge on any atom is 0.301 e. The summed E-state index contributed by atoms with van der Waals surface area (Å²) in [5.41, 5.74) is 1.88. The number of hydrogen-bond donors (Lipinski definition) is 1. The monoisotopic (exact) mass is 464 g/mol. The van der Waals surface area contributed by atoms with Crippen LogP contribution < -0.4 is 14.4 Å². The fraction of sp³-hybridized carbons (Fsp3) is 0.240. The molecule has 1 fully saturated rings. The summed E-state index contributed by atoms with van der Waals surface area (Å²) < 4.78 is 10.7. The van der Waals surface area contributed by atoms with Gasteiger partial charge in [0, 0.05) is 10.4 Å². The summed E-state index contributed by atoms with van der Waals surface area (Å²) in [7, 11) is 1.55. The molecule has 1 N–H and O–H groups in total. The van der Waals surface area contributed by atoms with Crippen molar-refractivity contribution in [3.63, 3.8) is 0 Å². The van der Waals surface area contributed by atoms with Crippen molar-refractivity contribution in [2.24, 2.45) is 0 Å². The number of methoxy groups -OCH3 is 1. The van der Waals surface area contributed by atoms with Crippen molar-refractivity contribution >= 4 is 33.9 Å². The summed E-state index contributed by atoms with van der Waals surface area (Å²) in [5.74, 6) is -0.439. The highest BCUT2D eigenvalue weighted by atomic mass is 32.1. The van der Waals surface area contributed by atoms with Crippen LogP contribution >= 0.6 is 11.3 Å². The summed E-state index contributed by atoms with van der Waals surface area (Å²) in [6.45, 7) is 6.18. The average molecular weight is 465 g/mol. The van der Waals surface area contributed by atoms with Crippen molar-refractivity contribution in [1.82, 2.24) is 4.98 Å². The van der Waals surface area contributed by atoms with Gasteiger partial charge in [-0.3, -0.25) is 14.5 Å². The number of carbonyl (C=O) groups excluding carboxylic acids is 2. The molecule has 4 rings (SSSR count). The number of aliphatic hydroxyl groups is 1. The Labute approximate surface area is 195 Å². The highest BCUT2D eigenvalue weighted by Gasteiger charge is 2.48. The molecule has 7 nitrogen and oxygen atoms in total. The molecule has 0 unspecified atom stereocenters. The molecule has 1 aliphatic heterocycles. The normalized spacial score (nSPS) is 17.5. The standard InChI is InChI=1S/C25H24N2O5S/c1-5-32-19-12-6-16(7-13-19)21-20(22(28)17-8-10-18(31-4)11-9-17)23(29)24(30)27(21)25-26-14(2)15(3)33-25/h6-13,21,28H,5H2,1-4H3/t21-/m0/s1. The highest BCUT2D eigenvalue weighted by Crippen LogP contribution is 2.44. The van der Waals surface area contributed by atoms with E-state index in [1.165, 1.54) is 16.2 Å². The first-order chi connectivity index (χ1) is 15.8. The van der Waals surface area contributed by atoms with Crippen LogP contribution in [-0.4, -0.2) is 35.5 Å². The number of amides is 1. The smallest absolute Gasteiger partial charge is 0.301 e. The molecule has 0 aliphatic carbocycles. The van der Waals surface area contributed by atoms with E-state index in [0.29, 0.717) is 34.4 Å². The quantitative estimate of drug-likeness (QED) is 0.320. The van der Waals surface area contributed by atoms with Crippen LogP contribution in [0.5, 0.6) is 11.5 Å². The average Bonchev–Trinajstić information content (AvgIpc) is 3.29. The first-order valence-corrected chi connectivity index (χ1v) is 11.3. The van der Waals surface area contributed by atoms with E-state index < -0.39 is 17.7 Å². The Hall–Kier alpha value is -3.65. The van der Waals surface area contributed by atoms with Gasteiger partial charge < -0.3 is 14.6 Å². The van der Waals surface area contributed by atoms with Gasteiger partial charge >= 0.3 is 5.91 Å². The first-order valence-electron chi connectivity index (χ1n) is 10.5. The van der Waals surface area contributed by atoms with Crippen LogP contribution in [0.4, 0.5) is 5.13 Å².